The summed E-state index contributed by atoms with van der Waals surface area (Å²) in [5.41, 5.74) is -1.48. The predicted octanol–water partition coefficient (Wildman–Crippen LogP) is 0.883. The Balaban J connectivity index is 4.36. The maximum absolute atomic E-state index is 11.3. The third-order valence-corrected chi connectivity index (χ3v) is 2.05. The van der Waals surface area contributed by atoms with E-state index in [1.807, 2.05) is 0 Å². The zero-order valence-electron chi connectivity index (χ0n) is 8.84. The first-order valence-electron chi connectivity index (χ1n) is 4.97. The van der Waals surface area contributed by atoms with Gasteiger partial charge in [0.05, 0.1) is 0 Å². The molecule has 0 aromatic carbocycles. The van der Waals surface area contributed by atoms with Crippen LogP contribution in [0.3, 0.4) is 0 Å². The highest BCUT2D eigenvalue weighted by Crippen LogP contribution is 2.12. The normalized spacial score (nSPS) is 14.0. The fourth-order valence-corrected chi connectivity index (χ4v) is 1.02. The van der Waals surface area contributed by atoms with Gasteiger partial charge in [0.15, 0.2) is 11.4 Å². The van der Waals surface area contributed by atoms with Gasteiger partial charge in [-0.25, -0.2) is 0 Å². The lowest BCUT2D eigenvalue weighted by Crippen LogP contribution is -2.35. The highest BCUT2D eigenvalue weighted by atomic mass is 16.3. The van der Waals surface area contributed by atoms with E-state index in [4.69, 9.17) is 5.11 Å². The molecule has 0 spiro atoms. The Morgan fingerprint density at radius 1 is 1.43 bits per heavy atom. The average molecular weight is 198 g/mol. The lowest BCUT2D eigenvalue weighted by Gasteiger charge is -2.17. The molecule has 14 heavy (non-hydrogen) atoms. The minimum Gasteiger partial charge on any atom is -0.396 e. The van der Waals surface area contributed by atoms with Crippen molar-refractivity contribution in [2.24, 2.45) is 0 Å². The lowest BCUT2D eigenvalue weighted by atomic mass is 9.94. The van der Waals surface area contributed by atoms with Crippen LogP contribution in [-0.2, 0) is 4.79 Å². The molecule has 0 amide bonds. The summed E-state index contributed by atoms with van der Waals surface area (Å²) in [6.45, 7) is 3.52. The number of hydrogen-bond donors (Lipinski definition) is 2. The van der Waals surface area contributed by atoms with E-state index in [0.29, 0.717) is 25.7 Å². The summed E-state index contributed by atoms with van der Waals surface area (Å²) in [7, 11) is 0. The monoisotopic (exact) mass is 198 g/mol. The summed E-state index contributed by atoms with van der Waals surface area (Å²) < 4.78 is 0. The van der Waals surface area contributed by atoms with E-state index in [9.17, 15) is 9.90 Å². The molecule has 0 heterocycles. The van der Waals surface area contributed by atoms with Crippen LogP contribution in [0.25, 0.3) is 0 Å². The van der Waals surface area contributed by atoms with Crippen molar-refractivity contribution < 1.29 is 15.0 Å². The average Bonchev–Trinajstić information content (AvgIpc) is 2.22. The van der Waals surface area contributed by atoms with Crippen LogP contribution in [0.1, 0.15) is 39.5 Å². The quantitative estimate of drug-likeness (QED) is 0.509. The predicted molar refractivity (Wildman–Crippen MR) is 54.6 cm³/mol. The number of aliphatic hydroxyl groups excluding tert-OH is 1. The SMILES string of the molecule is CCC(=O)C(O)(C#CCCCO)CC. The van der Waals surface area contributed by atoms with Gasteiger partial charge in [-0.15, -0.1) is 0 Å². The molecule has 0 saturated heterocycles. The summed E-state index contributed by atoms with van der Waals surface area (Å²) in [5.74, 6) is 5.05. The molecule has 3 heteroatoms. The van der Waals surface area contributed by atoms with Crippen molar-refractivity contribution in [2.75, 3.05) is 6.61 Å². The van der Waals surface area contributed by atoms with Crippen LogP contribution in [0.4, 0.5) is 0 Å². The van der Waals surface area contributed by atoms with Gasteiger partial charge in [0.2, 0.25) is 0 Å². The van der Waals surface area contributed by atoms with Crippen LogP contribution in [0.2, 0.25) is 0 Å². The van der Waals surface area contributed by atoms with E-state index in [1.54, 1.807) is 13.8 Å². The van der Waals surface area contributed by atoms with Gasteiger partial charge in [-0.2, -0.15) is 0 Å². The Hall–Kier alpha value is -0.850. The van der Waals surface area contributed by atoms with E-state index >= 15 is 0 Å². The maximum Gasteiger partial charge on any atom is 0.183 e. The van der Waals surface area contributed by atoms with E-state index in [-0.39, 0.29) is 12.4 Å². The van der Waals surface area contributed by atoms with Crippen LogP contribution in [0.5, 0.6) is 0 Å². The summed E-state index contributed by atoms with van der Waals surface area (Å²) in [4.78, 5) is 11.3. The first kappa shape index (κ1) is 13.2. The number of ketones is 1. The molecule has 80 valence electrons. The Morgan fingerprint density at radius 2 is 2.07 bits per heavy atom. The molecule has 0 fully saturated rings. The number of rotatable bonds is 5. The number of unbranched alkanes of at least 4 members (excludes halogenated alkanes) is 1. The van der Waals surface area contributed by atoms with Crippen LogP contribution in [0, 0.1) is 11.8 Å². The molecular weight excluding hydrogens is 180 g/mol. The molecule has 0 rings (SSSR count). The Labute approximate surface area is 85.1 Å². The highest BCUT2D eigenvalue weighted by Gasteiger charge is 2.29. The Kier molecular flexibility index (Phi) is 6.18. The van der Waals surface area contributed by atoms with Crippen LogP contribution in [-0.4, -0.2) is 28.2 Å². The van der Waals surface area contributed by atoms with Gasteiger partial charge >= 0.3 is 0 Å². The molecule has 0 bridgehead atoms. The second kappa shape index (κ2) is 6.58. The molecule has 0 aliphatic heterocycles. The third-order valence-electron chi connectivity index (χ3n) is 2.05. The number of carbonyl (C=O) groups excluding carboxylic acids is 1. The Morgan fingerprint density at radius 3 is 2.50 bits per heavy atom. The van der Waals surface area contributed by atoms with E-state index < -0.39 is 5.60 Å². The molecular formula is C11H18O3. The molecule has 1 atom stereocenters. The van der Waals surface area contributed by atoms with Crippen molar-refractivity contribution in [1.29, 1.82) is 0 Å². The molecule has 2 N–H and O–H groups in total. The largest absolute Gasteiger partial charge is 0.396 e. The zero-order valence-corrected chi connectivity index (χ0v) is 8.84. The zero-order chi connectivity index (χ0) is 11.0. The molecule has 0 aromatic heterocycles. The van der Waals surface area contributed by atoms with Gasteiger partial charge in [0.25, 0.3) is 0 Å². The topological polar surface area (TPSA) is 57.5 Å². The van der Waals surface area contributed by atoms with Gasteiger partial charge in [-0.1, -0.05) is 25.7 Å². The van der Waals surface area contributed by atoms with Crippen molar-refractivity contribution >= 4 is 5.78 Å². The maximum atomic E-state index is 11.3. The first-order valence-corrected chi connectivity index (χ1v) is 4.97. The van der Waals surface area contributed by atoms with Gasteiger partial charge < -0.3 is 10.2 Å². The molecule has 3 nitrogen and oxygen atoms in total. The van der Waals surface area contributed by atoms with E-state index in [2.05, 4.69) is 11.8 Å². The molecule has 0 aliphatic carbocycles. The van der Waals surface area contributed by atoms with Crippen LogP contribution < -0.4 is 0 Å². The summed E-state index contributed by atoms with van der Waals surface area (Å²) in [6, 6.07) is 0. The van der Waals surface area contributed by atoms with E-state index in [1.165, 1.54) is 0 Å². The third kappa shape index (κ3) is 3.91. The van der Waals surface area contributed by atoms with Gasteiger partial charge in [-0.05, 0) is 12.8 Å². The van der Waals surface area contributed by atoms with Crippen molar-refractivity contribution in [1.82, 2.24) is 0 Å². The van der Waals surface area contributed by atoms with Crippen molar-refractivity contribution in [3.05, 3.63) is 0 Å². The highest BCUT2D eigenvalue weighted by molar-refractivity contribution is 5.90. The molecule has 0 saturated carbocycles. The number of Topliss-reactive ketones (excluding diaryl/α,β-unsaturated/α-hetero) is 1. The van der Waals surface area contributed by atoms with Crippen LogP contribution >= 0.6 is 0 Å². The number of aliphatic hydroxyl groups is 2. The van der Waals surface area contributed by atoms with Crippen molar-refractivity contribution in [3.63, 3.8) is 0 Å². The smallest absolute Gasteiger partial charge is 0.183 e. The summed E-state index contributed by atoms with van der Waals surface area (Å²) >= 11 is 0. The fraction of sp³-hybridized carbons (Fsp3) is 0.727. The van der Waals surface area contributed by atoms with Gasteiger partial charge in [-0.3, -0.25) is 4.79 Å². The molecule has 1 unspecified atom stereocenters. The standard InChI is InChI=1S/C11H18O3/c1-3-10(13)11(14,4-2)8-6-5-7-9-12/h12,14H,3-5,7,9H2,1-2H3. The second-order valence-electron chi connectivity index (χ2n) is 3.12. The first-order chi connectivity index (χ1) is 6.60. The van der Waals surface area contributed by atoms with Gasteiger partial charge in [0, 0.05) is 19.4 Å². The Bertz CT molecular complexity index is 237. The minimum absolute atomic E-state index is 0.0843. The summed E-state index contributed by atoms with van der Waals surface area (Å²) in [6.07, 6.45) is 1.69. The second-order valence-corrected chi connectivity index (χ2v) is 3.12. The number of carbonyl (C=O) groups is 1. The molecule has 0 aromatic rings. The fourth-order valence-electron chi connectivity index (χ4n) is 1.02. The molecule has 0 aliphatic rings. The number of hydrogen-bond acceptors (Lipinski definition) is 3. The van der Waals surface area contributed by atoms with Crippen molar-refractivity contribution in [2.45, 2.75) is 45.1 Å². The van der Waals surface area contributed by atoms with E-state index in [0.717, 1.165) is 0 Å². The minimum atomic E-state index is -1.48. The van der Waals surface area contributed by atoms with Crippen molar-refractivity contribution in [3.8, 4) is 11.8 Å². The van der Waals surface area contributed by atoms with Crippen LogP contribution in [0.15, 0.2) is 0 Å². The lowest BCUT2D eigenvalue weighted by molar-refractivity contribution is -0.132. The summed E-state index contributed by atoms with van der Waals surface area (Å²) in [5, 5.41) is 18.3. The molecule has 0 radical (unpaired) electrons. The van der Waals surface area contributed by atoms with Gasteiger partial charge in [0.1, 0.15) is 0 Å².